The summed E-state index contributed by atoms with van der Waals surface area (Å²) in [6.07, 6.45) is 0. The first-order valence-corrected chi connectivity index (χ1v) is 8.84. The number of hydrogen-bond donors (Lipinski definition) is 2. The van der Waals surface area contributed by atoms with Gasteiger partial charge in [-0.2, -0.15) is 0 Å². The molecule has 1 aromatic carbocycles. The molecule has 0 saturated heterocycles. The van der Waals surface area contributed by atoms with Crippen molar-refractivity contribution >= 4 is 17.2 Å². The van der Waals surface area contributed by atoms with Crippen molar-refractivity contribution in [1.82, 2.24) is 10.6 Å². The number of rotatable bonds is 6. The molecule has 1 heterocycles. The van der Waals surface area contributed by atoms with E-state index in [-0.39, 0.29) is 17.4 Å². The van der Waals surface area contributed by atoms with Gasteiger partial charge in [0.2, 0.25) is 5.91 Å². The lowest BCUT2D eigenvalue weighted by Crippen LogP contribution is -2.39. The van der Waals surface area contributed by atoms with Gasteiger partial charge in [0.15, 0.2) is 0 Å². The maximum absolute atomic E-state index is 12.2. The van der Waals surface area contributed by atoms with E-state index in [2.05, 4.69) is 61.9 Å². The van der Waals surface area contributed by atoms with E-state index in [1.54, 1.807) is 11.3 Å². The normalized spacial score (nSPS) is 12.9. The third-order valence-electron chi connectivity index (χ3n) is 3.90. The number of carbonyl (C=O) groups excluding carboxylic acids is 1. The summed E-state index contributed by atoms with van der Waals surface area (Å²) in [6, 6.07) is 12.5. The van der Waals surface area contributed by atoms with Crippen LogP contribution in [0.25, 0.3) is 0 Å². The third kappa shape index (κ3) is 5.19. The Bertz CT molecular complexity index is 629. The molecular weight excluding hydrogens is 304 g/mol. The largest absolute Gasteiger partial charge is 0.351 e. The summed E-state index contributed by atoms with van der Waals surface area (Å²) in [5.74, 6) is 0.0269. The lowest BCUT2D eigenvalue weighted by Gasteiger charge is -2.30. The third-order valence-corrected chi connectivity index (χ3v) is 4.83. The Labute approximate surface area is 143 Å². The molecule has 0 bridgehead atoms. The molecule has 1 unspecified atom stereocenters. The molecule has 0 aliphatic rings. The maximum Gasteiger partial charge on any atom is 0.234 e. The molecule has 0 saturated carbocycles. The van der Waals surface area contributed by atoms with Gasteiger partial charge >= 0.3 is 0 Å². The Kier molecular flexibility index (Phi) is 5.97. The summed E-state index contributed by atoms with van der Waals surface area (Å²) in [4.78, 5) is 13.4. The Hall–Kier alpha value is -1.65. The van der Waals surface area contributed by atoms with Crippen molar-refractivity contribution in [3.05, 3.63) is 57.8 Å². The molecule has 2 N–H and O–H groups in total. The van der Waals surface area contributed by atoms with E-state index in [1.807, 2.05) is 18.2 Å². The minimum Gasteiger partial charge on any atom is -0.351 e. The molecule has 3 nitrogen and oxygen atoms in total. The second-order valence-corrected chi connectivity index (χ2v) is 7.88. The van der Waals surface area contributed by atoms with Crippen LogP contribution in [0, 0.1) is 12.3 Å². The van der Waals surface area contributed by atoms with E-state index >= 15 is 0 Å². The average Bonchev–Trinajstić information content (AvgIpc) is 2.99. The van der Waals surface area contributed by atoms with Gasteiger partial charge in [0.1, 0.15) is 0 Å². The topological polar surface area (TPSA) is 41.1 Å². The molecule has 0 fully saturated rings. The molecule has 23 heavy (non-hydrogen) atoms. The van der Waals surface area contributed by atoms with Crippen molar-refractivity contribution in [3.8, 4) is 0 Å². The summed E-state index contributed by atoms with van der Waals surface area (Å²) in [6.45, 7) is 9.53. The van der Waals surface area contributed by atoms with Crippen molar-refractivity contribution in [1.29, 1.82) is 0 Å². The molecule has 2 aromatic rings. The summed E-state index contributed by atoms with van der Waals surface area (Å²) >= 11 is 1.73. The van der Waals surface area contributed by atoms with Crippen molar-refractivity contribution in [2.45, 2.75) is 40.3 Å². The van der Waals surface area contributed by atoms with Crippen LogP contribution in [0.4, 0.5) is 0 Å². The van der Waals surface area contributed by atoms with Crippen LogP contribution in [-0.4, -0.2) is 12.5 Å². The molecule has 0 aliphatic carbocycles. The summed E-state index contributed by atoms with van der Waals surface area (Å²) in [5, 5.41) is 8.48. The predicted octanol–water partition coefficient (Wildman–Crippen LogP) is 4.05. The van der Waals surface area contributed by atoms with Crippen molar-refractivity contribution in [2.75, 3.05) is 6.54 Å². The SMILES string of the molecule is Cc1ccccc1CNC(=O)CNC(c1cccs1)C(C)(C)C. The highest BCUT2D eigenvalue weighted by atomic mass is 32.1. The second-order valence-electron chi connectivity index (χ2n) is 6.90. The van der Waals surface area contributed by atoms with Crippen LogP contribution in [0.15, 0.2) is 41.8 Å². The monoisotopic (exact) mass is 330 g/mol. The van der Waals surface area contributed by atoms with Crippen LogP contribution in [0.5, 0.6) is 0 Å². The van der Waals surface area contributed by atoms with Crippen LogP contribution < -0.4 is 10.6 Å². The molecule has 1 atom stereocenters. The first-order valence-electron chi connectivity index (χ1n) is 7.96. The van der Waals surface area contributed by atoms with E-state index in [9.17, 15) is 4.79 Å². The summed E-state index contributed by atoms with van der Waals surface area (Å²) in [5.41, 5.74) is 2.42. The van der Waals surface area contributed by atoms with Crippen LogP contribution >= 0.6 is 11.3 Å². The molecular formula is C19H26N2OS. The van der Waals surface area contributed by atoms with Crippen LogP contribution in [0.3, 0.4) is 0 Å². The smallest absolute Gasteiger partial charge is 0.234 e. The van der Waals surface area contributed by atoms with Gasteiger partial charge in [0.05, 0.1) is 6.54 Å². The fraction of sp³-hybridized carbons (Fsp3) is 0.421. The van der Waals surface area contributed by atoms with Gasteiger partial charge < -0.3 is 10.6 Å². The molecule has 0 spiro atoms. The van der Waals surface area contributed by atoms with Crippen LogP contribution in [-0.2, 0) is 11.3 Å². The molecule has 1 amide bonds. The number of hydrogen-bond acceptors (Lipinski definition) is 3. The van der Waals surface area contributed by atoms with Gasteiger partial charge in [-0.05, 0) is 34.9 Å². The van der Waals surface area contributed by atoms with E-state index in [0.29, 0.717) is 13.1 Å². The van der Waals surface area contributed by atoms with Gasteiger partial charge in [-0.1, -0.05) is 51.1 Å². The van der Waals surface area contributed by atoms with Gasteiger partial charge in [-0.15, -0.1) is 11.3 Å². The first-order chi connectivity index (χ1) is 10.9. The van der Waals surface area contributed by atoms with Gasteiger partial charge in [-0.25, -0.2) is 0 Å². The number of thiophene rings is 1. The minimum absolute atomic E-state index is 0.0269. The van der Waals surface area contributed by atoms with Gasteiger partial charge in [0, 0.05) is 17.5 Å². The lowest BCUT2D eigenvalue weighted by atomic mass is 9.86. The standard InChI is InChI=1S/C19H26N2OS/c1-14-8-5-6-9-15(14)12-20-17(22)13-21-18(19(2,3)4)16-10-7-11-23-16/h5-11,18,21H,12-13H2,1-4H3,(H,20,22). The fourth-order valence-corrected chi connectivity index (χ4v) is 3.59. The minimum atomic E-state index is 0.0269. The highest BCUT2D eigenvalue weighted by molar-refractivity contribution is 7.10. The Morgan fingerprint density at radius 3 is 2.52 bits per heavy atom. The van der Waals surface area contributed by atoms with E-state index < -0.39 is 0 Å². The lowest BCUT2D eigenvalue weighted by molar-refractivity contribution is -0.120. The Morgan fingerprint density at radius 2 is 1.91 bits per heavy atom. The van der Waals surface area contributed by atoms with E-state index in [0.717, 1.165) is 5.56 Å². The molecule has 0 radical (unpaired) electrons. The zero-order valence-corrected chi connectivity index (χ0v) is 15.2. The average molecular weight is 330 g/mol. The number of amides is 1. The maximum atomic E-state index is 12.2. The quantitative estimate of drug-likeness (QED) is 0.839. The second kappa shape index (κ2) is 7.75. The summed E-state index contributed by atoms with van der Waals surface area (Å²) in [7, 11) is 0. The highest BCUT2D eigenvalue weighted by Crippen LogP contribution is 2.34. The Morgan fingerprint density at radius 1 is 1.17 bits per heavy atom. The molecule has 124 valence electrons. The highest BCUT2D eigenvalue weighted by Gasteiger charge is 2.27. The van der Waals surface area contributed by atoms with Gasteiger partial charge in [-0.3, -0.25) is 4.79 Å². The number of aryl methyl sites for hydroxylation is 1. The first kappa shape index (κ1) is 17.7. The number of nitrogens with one attached hydrogen (secondary N) is 2. The molecule has 0 aliphatic heterocycles. The van der Waals surface area contributed by atoms with Crippen molar-refractivity contribution in [3.63, 3.8) is 0 Å². The zero-order valence-electron chi connectivity index (χ0n) is 14.3. The fourth-order valence-electron chi connectivity index (χ4n) is 2.55. The molecule has 2 rings (SSSR count). The van der Waals surface area contributed by atoms with Crippen molar-refractivity contribution in [2.24, 2.45) is 5.41 Å². The molecule has 1 aromatic heterocycles. The number of benzene rings is 1. The Balaban J connectivity index is 1.88. The summed E-state index contributed by atoms with van der Waals surface area (Å²) < 4.78 is 0. The van der Waals surface area contributed by atoms with E-state index in [4.69, 9.17) is 0 Å². The molecule has 4 heteroatoms. The van der Waals surface area contributed by atoms with Gasteiger partial charge in [0.25, 0.3) is 0 Å². The van der Waals surface area contributed by atoms with Crippen LogP contribution in [0.1, 0.15) is 42.8 Å². The zero-order chi connectivity index (χ0) is 16.9. The van der Waals surface area contributed by atoms with E-state index in [1.165, 1.54) is 10.4 Å². The predicted molar refractivity (Wildman–Crippen MR) is 97.5 cm³/mol. The van der Waals surface area contributed by atoms with Crippen LogP contribution in [0.2, 0.25) is 0 Å². The number of carbonyl (C=O) groups is 1. The van der Waals surface area contributed by atoms with Crippen molar-refractivity contribution < 1.29 is 4.79 Å².